The summed E-state index contributed by atoms with van der Waals surface area (Å²) in [5.41, 5.74) is 0.706. The number of aliphatic hydroxyl groups is 2. The number of carbonyl (C=O) groups is 2. The van der Waals surface area contributed by atoms with E-state index < -0.39 is 18.2 Å². The lowest BCUT2D eigenvalue weighted by molar-refractivity contribution is 0.0352. The molecule has 9 heteroatoms. The molecule has 0 aliphatic carbocycles. The minimum atomic E-state index is -0.811. The van der Waals surface area contributed by atoms with E-state index >= 15 is 0 Å². The molecule has 0 spiro atoms. The van der Waals surface area contributed by atoms with Gasteiger partial charge in [0.25, 0.3) is 5.91 Å². The van der Waals surface area contributed by atoms with Gasteiger partial charge in [0.15, 0.2) is 0 Å². The van der Waals surface area contributed by atoms with Crippen LogP contribution < -0.4 is 10.1 Å². The Bertz CT molecular complexity index is 864. The van der Waals surface area contributed by atoms with Crippen LogP contribution in [0.2, 0.25) is 0 Å². The van der Waals surface area contributed by atoms with Crippen LogP contribution in [-0.4, -0.2) is 88.5 Å². The molecular formula is C23H34N4O5. The number of hydrogen-bond donors (Lipinski definition) is 3. The first-order chi connectivity index (χ1) is 15.2. The minimum Gasteiger partial charge on any atom is -0.472 e. The second-order valence-corrected chi connectivity index (χ2v) is 8.26. The molecule has 0 saturated carbocycles. The van der Waals surface area contributed by atoms with Crippen LogP contribution in [-0.2, 0) is 0 Å². The molecule has 176 valence electrons. The number of nitrogens with zero attached hydrogens (tertiary/aromatic N) is 3. The van der Waals surface area contributed by atoms with Crippen molar-refractivity contribution < 1.29 is 24.5 Å². The smallest absolute Gasteiger partial charge is 0.317 e. The number of nitrogens with one attached hydrogen (secondary N) is 1. The van der Waals surface area contributed by atoms with E-state index in [9.17, 15) is 19.8 Å². The number of carbonyl (C=O) groups excluding carboxylic acids is 2. The number of aromatic nitrogens is 1. The van der Waals surface area contributed by atoms with Gasteiger partial charge in [0.1, 0.15) is 17.8 Å². The molecule has 9 nitrogen and oxygen atoms in total. The SMILES string of the molecule is CCCNC(=O)N(C)C[C@@H]1Oc2ncc(C#C[C@@H](C)O)cc2C(=O)N([C@H](C)CO)C[C@H]1C. The number of rotatable bonds is 6. The molecule has 4 atom stereocenters. The van der Waals surface area contributed by atoms with Gasteiger partial charge in [0.05, 0.1) is 19.2 Å². The highest BCUT2D eigenvalue weighted by Gasteiger charge is 2.34. The van der Waals surface area contributed by atoms with Gasteiger partial charge in [0.2, 0.25) is 5.88 Å². The summed E-state index contributed by atoms with van der Waals surface area (Å²) < 4.78 is 6.15. The van der Waals surface area contributed by atoms with Crippen molar-refractivity contribution in [1.29, 1.82) is 0 Å². The number of hydrogen-bond acceptors (Lipinski definition) is 6. The maximum atomic E-state index is 13.3. The normalized spacial score (nSPS) is 20.0. The maximum absolute atomic E-state index is 13.3. The van der Waals surface area contributed by atoms with E-state index in [1.54, 1.807) is 36.8 Å². The summed E-state index contributed by atoms with van der Waals surface area (Å²) in [6.45, 7) is 8.30. The highest BCUT2D eigenvalue weighted by molar-refractivity contribution is 5.97. The summed E-state index contributed by atoms with van der Waals surface area (Å²) in [5, 5.41) is 22.0. The molecule has 2 heterocycles. The van der Waals surface area contributed by atoms with Crippen LogP contribution in [0.3, 0.4) is 0 Å². The van der Waals surface area contributed by atoms with Gasteiger partial charge in [-0.2, -0.15) is 0 Å². The maximum Gasteiger partial charge on any atom is 0.317 e. The highest BCUT2D eigenvalue weighted by atomic mass is 16.5. The zero-order valence-electron chi connectivity index (χ0n) is 19.5. The van der Waals surface area contributed by atoms with Gasteiger partial charge < -0.3 is 30.1 Å². The molecule has 1 aliphatic rings. The Hall–Kier alpha value is -2.83. The van der Waals surface area contributed by atoms with E-state index in [0.29, 0.717) is 25.2 Å². The van der Waals surface area contributed by atoms with Crippen molar-refractivity contribution in [2.45, 2.75) is 52.4 Å². The standard InChI is InChI=1S/C23H34N4O5/c1-6-9-24-23(31)26(5)13-20-15(2)12-27(16(3)14-28)22(30)19-10-18(8-7-17(4)29)11-25-21(19)32-20/h10-11,15-17,20,28-29H,6,9,12-14H2,1-5H3,(H,24,31)/t15-,16-,17-,20+/m1/s1. The molecule has 32 heavy (non-hydrogen) atoms. The Kier molecular flexibility index (Phi) is 9.29. The average Bonchev–Trinajstić information content (AvgIpc) is 2.77. The topological polar surface area (TPSA) is 115 Å². The molecule has 3 N–H and O–H groups in total. The summed E-state index contributed by atoms with van der Waals surface area (Å²) in [4.78, 5) is 33.1. The monoisotopic (exact) mass is 446 g/mol. The summed E-state index contributed by atoms with van der Waals surface area (Å²) in [6, 6.07) is 0.981. The van der Waals surface area contributed by atoms with Crippen molar-refractivity contribution >= 4 is 11.9 Å². The van der Waals surface area contributed by atoms with Crippen molar-refractivity contribution in [1.82, 2.24) is 20.1 Å². The highest BCUT2D eigenvalue weighted by Crippen LogP contribution is 2.27. The first kappa shape index (κ1) is 25.4. The number of amides is 3. The fourth-order valence-electron chi connectivity index (χ4n) is 3.30. The molecule has 0 aromatic carbocycles. The third-order valence-electron chi connectivity index (χ3n) is 5.27. The van der Waals surface area contributed by atoms with Gasteiger partial charge in [-0.25, -0.2) is 9.78 Å². The van der Waals surface area contributed by atoms with E-state index in [4.69, 9.17) is 4.74 Å². The summed E-state index contributed by atoms with van der Waals surface area (Å²) >= 11 is 0. The molecule has 0 unspecified atom stereocenters. The van der Waals surface area contributed by atoms with Gasteiger partial charge in [-0.3, -0.25) is 4.79 Å². The molecule has 0 saturated heterocycles. The quantitative estimate of drug-likeness (QED) is 0.564. The predicted molar refractivity (Wildman–Crippen MR) is 120 cm³/mol. The molecular weight excluding hydrogens is 412 g/mol. The predicted octanol–water partition coefficient (Wildman–Crippen LogP) is 1.09. The number of ether oxygens (including phenoxy) is 1. The van der Waals surface area contributed by atoms with Crippen molar-refractivity contribution in [2.24, 2.45) is 5.92 Å². The van der Waals surface area contributed by atoms with Crippen LogP contribution in [0.4, 0.5) is 4.79 Å². The summed E-state index contributed by atoms with van der Waals surface area (Å²) in [6.07, 6.45) is 1.09. The van der Waals surface area contributed by atoms with E-state index in [2.05, 4.69) is 22.1 Å². The molecule has 0 bridgehead atoms. The van der Waals surface area contributed by atoms with Crippen molar-refractivity contribution in [3.8, 4) is 17.7 Å². The van der Waals surface area contributed by atoms with Crippen LogP contribution in [0.5, 0.6) is 5.88 Å². The van der Waals surface area contributed by atoms with Crippen LogP contribution in [0.15, 0.2) is 12.3 Å². The van der Waals surface area contributed by atoms with Crippen molar-refractivity contribution in [2.75, 3.05) is 33.3 Å². The molecule has 0 fully saturated rings. The van der Waals surface area contributed by atoms with Gasteiger partial charge >= 0.3 is 6.03 Å². The summed E-state index contributed by atoms with van der Waals surface area (Å²) in [5.74, 6) is 5.15. The lowest BCUT2D eigenvalue weighted by atomic mass is 10.00. The van der Waals surface area contributed by atoms with E-state index in [1.807, 2.05) is 13.8 Å². The fourth-order valence-corrected chi connectivity index (χ4v) is 3.30. The van der Waals surface area contributed by atoms with Crippen LogP contribution >= 0.6 is 0 Å². The molecule has 0 radical (unpaired) electrons. The van der Waals surface area contributed by atoms with Gasteiger partial charge in [-0.1, -0.05) is 25.7 Å². The van der Waals surface area contributed by atoms with Crippen LogP contribution in [0, 0.1) is 17.8 Å². The minimum absolute atomic E-state index is 0.126. The van der Waals surface area contributed by atoms with Crippen LogP contribution in [0.1, 0.15) is 50.0 Å². The Labute approximate surface area is 189 Å². The number of urea groups is 1. The van der Waals surface area contributed by atoms with E-state index in [1.165, 1.54) is 6.20 Å². The number of likely N-dealkylation sites (N-methyl/N-ethyl adjacent to an activating group) is 1. The number of fused-ring (bicyclic) bond motifs is 1. The van der Waals surface area contributed by atoms with Crippen LogP contribution in [0.25, 0.3) is 0 Å². The lowest BCUT2D eigenvalue weighted by Gasteiger charge is -2.37. The molecule has 2 rings (SSSR count). The Morgan fingerprint density at radius 1 is 1.47 bits per heavy atom. The molecule has 3 amide bonds. The second-order valence-electron chi connectivity index (χ2n) is 8.26. The molecule has 1 aromatic rings. The lowest BCUT2D eigenvalue weighted by Crippen LogP contribution is -2.51. The third-order valence-corrected chi connectivity index (χ3v) is 5.27. The Balaban J connectivity index is 2.40. The average molecular weight is 447 g/mol. The van der Waals surface area contributed by atoms with Gasteiger partial charge in [-0.15, -0.1) is 0 Å². The van der Waals surface area contributed by atoms with Gasteiger partial charge in [-0.05, 0) is 26.3 Å². The number of aliphatic hydroxyl groups excluding tert-OH is 2. The summed E-state index contributed by atoms with van der Waals surface area (Å²) in [7, 11) is 1.70. The first-order valence-electron chi connectivity index (χ1n) is 10.9. The van der Waals surface area contributed by atoms with E-state index in [-0.39, 0.29) is 35.9 Å². The van der Waals surface area contributed by atoms with Gasteiger partial charge in [0, 0.05) is 37.8 Å². The third kappa shape index (κ3) is 6.58. The number of pyridine rings is 1. The van der Waals surface area contributed by atoms with E-state index in [0.717, 1.165) is 6.42 Å². The molecule has 1 aliphatic heterocycles. The second kappa shape index (κ2) is 11.7. The largest absolute Gasteiger partial charge is 0.472 e. The fraction of sp³-hybridized carbons (Fsp3) is 0.609. The Morgan fingerprint density at radius 2 is 2.19 bits per heavy atom. The zero-order chi connectivity index (χ0) is 23.8. The zero-order valence-corrected chi connectivity index (χ0v) is 19.5. The molecule has 1 aromatic heterocycles. The first-order valence-corrected chi connectivity index (χ1v) is 10.9. The van der Waals surface area contributed by atoms with Crippen molar-refractivity contribution in [3.05, 3.63) is 23.4 Å². The Morgan fingerprint density at radius 3 is 2.81 bits per heavy atom. The van der Waals surface area contributed by atoms with Crippen molar-refractivity contribution in [3.63, 3.8) is 0 Å².